The predicted molar refractivity (Wildman–Crippen MR) is 96.2 cm³/mol. The van der Waals surface area contributed by atoms with Gasteiger partial charge in [0.25, 0.3) is 5.91 Å². The molecule has 0 saturated carbocycles. The molecule has 0 aliphatic heterocycles. The second kappa shape index (κ2) is 8.57. The van der Waals surface area contributed by atoms with Gasteiger partial charge in [0.2, 0.25) is 5.91 Å². The van der Waals surface area contributed by atoms with Gasteiger partial charge in [0.15, 0.2) is 0 Å². The van der Waals surface area contributed by atoms with Gasteiger partial charge in [-0.1, -0.05) is 42.5 Å². The van der Waals surface area contributed by atoms with Crippen molar-refractivity contribution < 1.29 is 9.59 Å². The summed E-state index contributed by atoms with van der Waals surface area (Å²) in [6.07, 6.45) is 3.11. The molecule has 2 aromatic carbocycles. The molecule has 0 aliphatic rings. The van der Waals surface area contributed by atoms with E-state index in [-0.39, 0.29) is 18.4 Å². The molecule has 3 aromatic rings. The molecular formula is C19H19N5O2. The number of amides is 2. The van der Waals surface area contributed by atoms with E-state index >= 15 is 0 Å². The summed E-state index contributed by atoms with van der Waals surface area (Å²) in [7, 11) is 0. The molecule has 7 nitrogen and oxygen atoms in total. The Labute approximate surface area is 151 Å². The maximum absolute atomic E-state index is 12.1. The second-order valence-corrected chi connectivity index (χ2v) is 5.73. The lowest BCUT2D eigenvalue weighted by atomic mass is 10.1. The van der Waals surface area contributed by atoms with Gasteiger partial charge in [-0.2, -0.15) is 5.10 Å². The molecular weight excluding hydrogens is 330 g/mol. The molecule has 0 bridgehead atoms. The van der Waals surface area contributed by atoms with Crippen molar-refractivity contribution in [3.8, 4) is 0 Å². The average molecular weight is 349 g/mol. The maximum Gasteiger partial charge on any atom is 0.251 e. The Morgan fingerprint density at radius 2 is 1.69 bits per heavy atom. The zero-order chi connectivity index (χ0) is 18.2. The highest BCUT2D eigenvalue weighted by atomic mass is 16.2. The molecule has 0 atom stereocenters. The molecule has 0 unspecified atom stereocenters. The quantitative estimate of drug-likeness (QED) is 0.674. The Kier molecular flexibility index (Phi) is 5.72. The van der Waals surface area contributed by atoms with E-state index in [1.165, 1.54) is 6.33 Å². The third-order valence-electron chi connectivity index (χ3n) is 3.77. The molecule has 26 heavy (non-hydrogen) atoms. The highest BCUT2D eigenvalue weighted by molar-refractivity contribution is 5.96. The standard InChI is InChI=1S/C19H19N5O2/c25-18(21-10-15-4-2-1-3-5-15)11-22-19(26)17-8-6-16(7-9-17)12-24-14-20-13-23-24/h1-9,13-14H,10-12H2,(H,21,25)(H,22,26). The van der Waals surface area contributed by atoms with Gasteiger partial charge in [-0.15, -0.1) is 0 Å². The summed E-state index contributed by atoms with van der Waals surface area (Å²) < 4.78 is 1.70. The molecule has 3 rings (SSSR count). The van der Waals surface area contributed by atoms with Crippen LogP contribution in [0.1, 0.15) is 21.5 Å². The van der Waals surface area contributed by atoms with Gasteiger partial charge in [-0.05, 0) is 23.3 Å². The van der Waals surface area contributed by atoms with E-state index < -0.39 is 0 Å². The number of carbonyl (C=O) groups excluding carboxylic acids is 2. The molecule has 7 heteroatoms. The van der Waals surface area contributed by atoms with Crippen molar-refractivity contribution in [3.05, 3.63) is 83.9 Å². The molecule has 0 radical (unpaired) electrons. The van der Waals surface area contributed by atoms with Crippen LogP contribution in [0.15, 0.2) is 67.3 Å². The number of nitrogens with zero attached hydrogens (tertiary/aromatic N) is 3. The second-order valence-electron chi connectivity index (χ2n) is 5.73. The van der Waals surface area contributed by atoms with Gasteiger partial charge < -0.3 is 10.6 Å². The van der Waals surface area contributed by atoms with Crippen molar-refractivity contribution in [2.75, 3.05) is 6.54 Å². The normalized spacial score (nSPS) is 10.3. The van der Waals surface area contributed by atoms with Crippen molar-refractivity contribution in [1.82, 2.24) is 25.4 Å². The van der Waals surface area contributed by atoms with Crippen LogP contribution in [0.5, 0.6) is 0 Å². The summed E-state index contributed by atoms with van der Waals surface area (Å²) >= 11 is 0. The fourth-order valence-electron chi connectivity index (χ4n) is 2.38. The van der Waals surface area contributed by atoms with Gasteiger partial charge in [0.05, 0.1) is 13.1 Å². The Morgan fingerprint density at radius 1 is 0.923 bits per heavy atom. The summed E-state index contributed by atoms with van der Waals surface area (Å²) in [4.78, 5) is 27.9. The lowest BCUT2D eigenvalue weighted by Crippen LogP contribution is -2.36. The fourth-order valence-corrected chi connectivity index (χ4v) is 2.38. The molecule has 1 heterocycles. The van der Waals surface area contributed by atoms with Gasteiger partial charge in [-0.3, -0.25) is 9.59 Å². The number of hydrogen-bond acceptors (Lipinski definition) is 4. The lowest BCUT2D eigenvalue weighted by molar-refractivity contribution is -0.120. The Balaban J connectivity index is 1.44. The predicted octanol–water partition coefficient (Wildman–Crippen LogP) is 1.37. The fraction of sp³-hybridized carbons (Fsp3) is 0.158. The number of hydrogen-bond donors (Lipinski definition) is 2. The molecule has 0 fully saturated rings. The monoisotopic (exact) mass is 349 g/mol. The number of benzene rings is 2. The van der Waals surface area contributed by atoms with Crippen LogP contribution >= 0.6 is 0 Å². The zero-order valence-electron chi connectivity index (χ0n) is 14.1. The van der Waals surface area contributed by atoms with Gasteiger partial charge in [-0.25, -0.2) is 9.67 Å². The van der Waals surface area contributed by atoms with Crippen molar-refractivity contribution in [3.63, 3.8) is 0 Å². The third kappa shape index (κ3) is 5.01. The van der Waals surface area contributed by atoms with E-state index in [4.69, 9.17) is 0 Å². The number of carbonyl (C=O) groups is 2. The highest BCUT2D eigenvalue weighted by Gasteiger charge is 2.08. The van der Waals surface area contributed by atoms with Crippen molar-refractivity contribution in [2.24, 2.45) is 0 Å². The van der Waals surface area contributed by atoms with E-state index in [0.29, 0.717) is 18.7 Å². The van der Waals surface area contributed by atoms with E-state index in [2.05, 4.69) is 20.7 Å². The van der Waals surface area contributed by atoms with E-state index in [1.807, 2.05) is 42.5 Å². The largest absolute Gasteiger partial charge is 0.350 e. The summed E-state index contributed by atoms with van der Waals surface area (Å²) in [5, 5.41) is 9.43. The highest BCUT2D eigenvalue weighted by Crippen LogP contribution is 2.06. The SMILES string of the molecule is O=C(CNC(=O)c1ccc(Cn2cncn2)cc1)NCc1ccccc1. The maximum atomic E-state index is 12.1. The van der Waals surface area contributed by atoms with Crippen LogP contribution in [-0.4, -0.2) is 33.1 Å². The summed E-state index contributed by atoms with van der Waals surface area (Å²) in [6.45, 7) is 0.961. The van der Waals surface area contributed by atoms with Gasteiger partial charge >= 0.3 is 0 Å². The first kappa shape index (κ1) is 17.3. The Bertz CT molecular complexity index is 845. The summed E-state index contributed by atoms with van der Waals surface area (Å²) in [6, 6.07) is 16.8. The molecule has 2 amide bonds. The van der Waals surface area contributed by atoms with Gasteiger partial charge in [0.1, 0.15) is 12.7 Å². The van der Waals surface area contributed by atoms with Crippen LogP contribution in [0.4, 0.5) is 0 Å². The number of nitrogens with one attached hydrogen (secondary N) is 2. The van der Waals surface area contributed by atoms with E-state index in [0.717, 1.165) is 11.1 Å². The average Bonchev–Trinajstić information content (AvgIpc) is 3.19. The smallest absolute Gasteiger partial charge is 0.251 e. The molecule has 0 aliphatic carbocycles. The minimum Gasteiger partial charge on any atom is -0.350 e. The van der Waals surface area contributed by atoms with Crippen LogP contribution in [-0.2, 0) is 17.9 Å². The Morgan fingerprint density at radius 3 is 2.38 bits per heavy atom. The van der Waals surface area contributed by atoms with Crippen LogP contribution < -0.4 is 10.6 Å². The lowest BCUT2D eigenvalue weighted by Gasteiger charge is -2.08. The van der Waals surface area contributed by atoms with E-state index in [1.54, 1.807) is 23.1 Å². The topological polar surface area (TPSA) is 88.9 Å². The van der Waals surface area contributed by atoms with Crippen LogP contribution in [0.3, 0.4) is 0 Å². The van der Waals surface area contributed by atoms with Crippen molar-refractivity contribution in [1.29, 1.82) is 0 Å². The van der Waals surface area contributed by atoms with Crippen LogP contribution in [0, 0.1) is 0 Å². The first-order valence-corrected chi connectivity index (χ1v) is 8.21. The van der Waals surface area contributed by atoms with Crippen LogP contribution in [0.25, 0.3) is 0 Å². The van der Waals surface area contributed by atoms with E-state index in [9.17, 15) is 9.59 Å². The Hall–Kier alpha value is -3.48. The molecule has 1 aromatic heterocycles. The zero-order valence-corrected chi connectivity index (χ0v) is 14.1. The minimum atomic E-state index is -0.285. The first-order valence-electron chi connectivity index (χ1n) is 8.21. The van der Waals surface area contributed by atoms with Crippen LogP contribution in [0.2, 0.25) is 0 Å². The van der Waals surface area contributed by atoms with Crippen molar-refractivity contribution >= 4 is 11.8 Å². The van der Waals surface area contributed by atoms with Crippen molar-refractivity contribution in [2.45, 2.75) is 13.1 Å². The molecule has 132 valence electrons. The first-order chi connectivity index (χ1) is 12.7. The summed E-state index contributed by atoms with van der Waals surface area (Å²) in [5.74, 6) is -0.517. The minimum absolute atomic E-state index is 0.0631. The number of rotatable bonds is 7. The molecule has 0 saturated heterocycles. The third-order valence-corrected chi connectivity index (χ3v) is 3.77. The molecule has 2 N–H and O–H groups in total. The van der Waals surface area contributed by atoms with Gasteiger partial charge in [0, 0.05) is 12.1 Å². The number of aromatic nitrogens is 3. The summed E-state index contributed by atoms with van der Waals surface area (Å²) in [5.41, 5.74) is 2.52. The molecule has 0 spiro atoms.